The van der Waals surface area contributed by atoms with Crippen molar-refractivity contribution in [3.8, 4) is 22.8 Å². The number of halogens is 5. The number of nitrogens with two attached hydrogens (primary N) is 1. The number of carbonyl (C=O) groups excluding carboxylic acids is 1. The summed E-state index contributed by atoms with van der Waals surface area (Å²) in [5, 5.41) is 7.80. The van der Waals surface area contributed by atoms with Crippen LogP contribution in [0.1, 0.15) is 52.5 Å². The predicted molar refractivity (Wildman–Crippen MR) is 142 cm³/mol. The van der Waals surface area contributed by atoms with Gasteiger partial charge in [-0.15, -0.1) is 0 Å². The van der Waals surface area contributed by atoms with Gasteiger partial charge in [0.15, 0.2) is 17.3 Å². The standard InChI is InChI=1S/C28H27F5N6O3/c1-28(2,3)42-27(40)37-13-5-4-6-14(9-13)39-26-20(25(34)35-12-36-26)23(38-39)16-8-7-15(10-17(16)29)41-24-21(32)18(30)11-19(31)22(24)33/h7-8,10-14H,4-6,9H2,1-3H3,(H,37,40)(H2,34,35,36). The second-order valence-corrected chi connectivity index (χ2v) is 11.0. The monoisotopic (exact) mass is 590 g/mol. The molecule has 0 saturated heterocycles. The van der Waals surface area contributed by atoms with E-state index in [0.29, 0.717) is 18.5 Å². The summed E-state index contributed by atoms with van der Waals surface area (Å²) >= 11 is 0. The molecular weight excluding hydrogens is 563 g/mol. The molecule has 0 radical (unpaired) electrons. The van der Waals surface area contributed by atoms with Crippen LogP contribution in [0.3, 0.4) is 0 Å². The van der Waals surface area contributed by atoms with Gasteiger partial charge in [0.25, 0.3) is 0 Å². The van der Waals surface area contributed by atoms with E-state index in [9.17, 15) is 22.4 Å². The first kappa shape index (κ1) is 29.0. The maximum absolute atomic E-state index is 15.4. The van der Waals surface area contributed by atoms with Crippen LogP contribution < -0.4 is 15.8 Å². The summed E-state index contributed by atoms with van der Waals surface area (Å²) in [4.78, 5) is 20.7. The van der Waals surface area contributed by atoms with Crippen molar-refractivity contribution in [2.75, 3.05) is 5.73 Å². The lowest BCUT2D eigenvalue weighted by atomic mass is 9.91. The Morgan fingerprint density at radius 3 is 2.40 bits per heavy atom. The molecule has 1 saturated carbocycles. The van der Waals surface area contributed by atoms with Gasteiger partial charge in [0.05, 0.1) is 11.4 Å². The third-order valence-corrected chi connectivity index (χ3v) is 6.72. The number of hydrogen-bond donors (Lipinski definition) is 2. The molecule has 1 aliphatic rings. The summed E-state index contributed by atoms with van der Waals surface area (Å²) in [6, 6.07) is 2.78. The number of fused-ring (bicyclic) bond motifs is 1. The van der Waals surface area contributed by atoms with Gasteiger partial charge in [-0.1, -0.05) is 0 Å². The van der Waals surface area contributed by atoms with Gasteiger partial charge in [0.2, 0.25) is 17.4 Å². The highest BCUT2D eigenvalue weighted by molar-refractivity contribution is 5.98. The Labute approximate surface area is 236 Å². The average molecular weight is 591 g/mol. The fourth-order valence-electron chi connectivity index (χ4n) is 4.94. The van der Waals surface area contributed by atoms with E-state index in [2.05, 4.69) is 20.4 Å². The SMILES string of the molecule is CC(C)(C)OC(=O)NC1CCCC(n2nc(-c3ccc(Oc4c(F)c(F)cc(F)c4F)cc3F)c3c(N)ncnc32)C1. The van der Waals surface area contributed by atoms with Gasteiger partial charge in [-0.3, -0.25) is 0 Å². The number of amides is 1. The molecule has 1 aliphatic carbocycles. The van der Waals surface area contributed by atoms with Gasteiger partial charge >= 0.3 is 6.09 Å². The number of hydrogen-bond acceptors (Lipinski definition) is 7. The lowest BCUT2D eigenvalue weighted by Gasteiger charge is -2.31. The number of benzene rings is 2. The zero-order chi connectivity index (χ0) is 30.3. The number of carbonyl (C=O) groups is 1. The molecule has 4 aromatic rings. The second kappa shape index (κ2) is 11.1. The molecule has 14 heteroatoms. The number of nitrogen functional groups attached to an aromatic ring is 1. The van der Waals surface area contributed by atoms with Crippen LogP contribution in [0.2, 0.25) is 0 Å². The van der Waals surface area contributed by atoms with E-state index in [1.807, 2.05) is 0 Å². The Balaban J connectivity index is 1.46. The zero-order valence-corrected chi connectivity index (χ0v) is 22.9. The van der Waals surface area contributed by atoms with Crippen molar-refractivity contribution in [2.24, 2.45) is 0 Å². The van der Waals surface area contributed by atoms with Crippen LogP contribution in [0.15, 0.2) is 30.6 Å². The molecule has 1 fully saturated rings. The molecule has 0 bridgehead atoms. The van der Waals surface area contributed by atoms with Crippen LogP contribution in [-0.2, 0) is 4.74 Å². The van der Waals surface area contributed by atoms with Gasteiger partial charge in [-0.25, -0.2) is 32.6 Å². The molecule has 1 amide bonds. The minimum Gasteiger partial charge on any atom is -0.451 e. The van der Waals surface area contributed by atoms with Gasteiger partial charge in [0.1, 0.15) is 35.0 Å². The Morgan fingerprint density at radius 1 is 1.02 bits per heavy atom. The molecule has 42 heavy (non-hydrogen) atoms. The molecule has 2 unspecified atom stereocenters. The van der Waals surface area contributed by atoms with E-state index >= 15 is 4.39 Å². The minimum atomic E-state index is -1.76. The lowest BCUT2D eigenvalue weighted by Crippen LogP contribution is -2.41. The summed E-state index contributed by atoms with van der Waals surface area (Å²) in [5.41, 5.74) is 5.89. The van der Waals surface area contributed by atoms with Crippen LogP contribution in [0, 0.1) is 29.1 Å². The lowest BCUT2D eigenvalue weighted by molar-refractivity contribution is 0.0485. The topological polar surface area (TPSA) is 117 Å². The molecule has 2 heterocycles. The van der Waals surface area contributed by atoms with Crippen LogP contribution in [0.5, 0.6) is 11.5 Å². The summed E-state index contributed by atoms with van der Waals surface area (Å²) in [6.45, 7) is 5.31. The molecule has 2 aromatic carbocycles. The average Bonchev–Trinajstić information content (AvgIpc) is 3.30. The summed E-state index contributed by atoms with van der Waals surface area (Å²) in [6.07, 6.45) is 3.41. The number of alkyl carbamates (subject to hydrolysis) is 1. The number of aromatic nitrogens is 4. The molecule has 9 nitrogen and oxygen atoms in total. The number of anilines is 1. The Kier molecular flexibility index (Phi) is 7.64. The minimum absolute atomic E-state index is 0.0389. The van der Waals surface area contributed by atoms with Crippen molar-refractivity contribution < 1.29 is 36.2 Å². The highest BCUT2D eigenvalue weighted by Gasteiger charge is 2.30. The summed E-state index contributed by atoms with van der Waals surface area (Å²) in [7, 11) is 0. The number of rotatable bonds is 5. The van der Waals surface area contributed by atoms with Crippen LogP contribution in [-0.4, -0.2) is 37.5 Å². The van der Waals surface area contributed by atoms with Crippen LogP contribution in [0.4, 0.5) is 32.6 Å². The van der Waals surface area contributed by atoms with Gasteiger partial charge in [-0.2, -0.15) is 13.9 Å². The highest BCUT2D eigenvalue weighted by Crippen LogP contribution is 2.38. The van der Waals surface area contributed by atoms with E-state index in [1.54, 1.807) is 25.5 Å². The van der Waals surface area contributed by atoms with Gasteiger partial charge in [0, 0.05) is 23.7 Å². The van der Waals surface area contributed by atoms with Crippen LogP contribution in [0.25, 0.3) is 22.3 Å². The number of ether oxygens (including phenoxy) is 2. The van der Waals surface area contributed by atoms with Gasteiger partial charge < -0.3 is 20.5 Å². The van der Waals surface area contributed by atoms with Crippen molar-refractivity contribution in [3.63, 3.8) is 0 Å². The van der Waals surface area contributed by atoms with Crippen LogP contribution >= 0.6 is 0 Å². The quantitative estimate of drug-likeness (QED) is 0.199. The zero-order valence-electron chi connectivity index (χ0n) is 22.9. The molecule has 5 rings (SSSR count). The Hall–Kier alpha value is -4.49. The third-order valence-electron chi connectivity index (χ3n) is 6.72. The third kappa shape index (κ3) is 5.78. The fourth-order valence-corrected chi connectivity index (χ4v) is 4.94. The molecule has 3 N–H and O–H groups in total. The highest BCUT2D eigenvalue weighted by atomic mass is 19.2. The number of nitrogens with one attached hydrogen (secondary N) is 1. The molecular formula is C28H27F5N6O3. The normalized spacial score (nSPS) is 17.3. The van der Waals surface area contributed by atoms with Gasteiger partial charge in [-0.05, 0) is 58.6 Å². The van der Waals surface area contributed by atoms with Crippen molar-refractivity contribution in [2.45, 2.75) is 64.1 Å². The molecule has 0 spiro atoms. The maximum Gasteiger partial charge on any atom is 0.407 e. The molecule has 0 aliphatic heterocycles. The maximum atomic E-state index is 15.4. The van der Waals surface area contributed by atoms with E-state index in [1.165, 1.54) is 12.4 Å². The first-order valence-corrected chi connectivity index (χ1v) is 13.1. The molecule has 222 valence electrons. The van der Waals surface area contributed by atoms with Crippen molar-refractivity contribution in [1.82, 2.24) is 25.1 Å². The van der Waals surface area contributed by atoms with E-state index < -0.39 is 52.3 Å². The molecule has 2 atom stereocenters. The summed E-state index contributed by atoms with van der Waals surface area (Å²) < 4.78 is 82.7. The predicted octanol–water partition coefficient (Wildman–Crippen LogP) is 6.57. The van der Waals surface area contributed by atoms with Crippen molar-refractivity contribution in [1.29, 1.82) is 0 Å². The largest absolute Gasteiger partial charge is 0.451 e. The smallest absolute Gasteiger partial charge is 0.407 e. The summed E-state index contributed by atoms with van der Waals surface area (Å²) in [5.74, 6) is -9.51. The second-order valence-electron chi connectivity index (χ2n) is 11.0. The first-order chi connectivity index (χ1) is 19.8. The van der Waals surface area contributed by atoms with Crippen molar-refractivity contribution >= 4 is 22.9 Å². The van der Waals surface area contributed by atoms with E-state index in [-0.39, 0.29) is 40.6 Å². The fraction of sp³-hybridized carbons (Fsp3) is 0.357. The Bertz CT molecular complexity index is 1650. The Morgan fingerprint density at radius 2 is 1.74 bits per heavy atom. The van der Waals surface area contributed by atoms with Crippen molar-refractivity contribution in [3.05, 3.63) is 59.7 Å². The molecule has 2 aromatic heterocycles. The number of nitrogens with zero attached hydrogens (tertiary/aromatic N) is 4. The van der Waals surface area contributed by atoms with E-state index in [4.69, 9.17) is 15.2 Å². The first-order valence-electron chi connectivity index (χ1n) is 13.1. The van der Waals surface area contributed by atoms with E-state index in [0.717, 1.165) is 25.0 Å².